The molecule has 0 fully saturated rings. The van der Waals surface area contributed by atoms with Gasteiger partial charge in [0.25, 0.3) is 0 Å². The minimum Gasteiger partial charge on any atom is -0.491 e. The van der Waals surface area contributed by atoms with E-state index < -0.39 is 6.16 Å². The third kappa shape index (κ3) is 3.40. The molecule has 130 valence electrons. The molecule has 0 saturated heterocycles. The molecule has 3 rings (SSSR count). The zero-order valence-corrected chi connectivity index (χ0v) is 14.0. The van der Waals surface area contributed by atoms with Crippen molar-refractivity contribution >= 4 is 28.0 Å². The number of hydrogen-bond donors (Lipinski definition) is 1. The average molecular weight is 342 g/mol. The number of hydrogen-bond acceptors (Lipinski definition) is 6. The first-order valence-corrected chi connectivity index (χ1v) is 7.97. The Hall–Kier alpha value is -3.09. The van der Waals surface area contributed by atoms with Crippen molar-refractivity contribution in [3.05, 3.63) is 40.7 Å². The molecule has 0 spiro atoms. The summed E-state index contributed by atoms with van der Waals surface area (Å²) in [6.45, 7) is 2.63. The molecular formula is C18H18N2O5. The third-order valence-electron chi connectivity index (χ3n) is 3.74. The minimum atomic E-state index is -0.906. The molecule has 0 radical (unpaired) electrons. The van der Waals surface area contributed by atoms with Crippen LogP contribution in [0.15, 0.2) is 35.3 Å². The third-order valence-corrected chi connectivity index (χ3v) is 3.74. The molecule has 0 aliphatic rings. The van der Waals surface area contributed by atoms with Crippen LogP contribution in [0.3, 0.4) is 0 Å². The minimum absolute atomic E-state index is 0.00657. The summed E-state index contributed by atoms with van der Waals surface area (Å²) in [4.78, 5) is 31.1. The van der Waals surface area contributed by atoms with Crippen LogP contribution in [0.2, 0.25) is 0 Å². The maximum atomic E-state index is 12.5. The average Bonchev–Trinajstić information content (AvgIpc) is 2.61. The number of H-pyrrole nitrogens is 1. The molecule has 7 nitrogen and oxygen atoms in total. The molecule has 1 N–H and O–H groups in total. The van der Waals surface area contributed by atoms with Crippen molar-refractivity contribution in [2.75, 3.05) is 13.7 Å². The first-order valence-electron chi connectivity index (χ1n) is 7.97. The monoisotopic (exact) mass is 342 g/mol. The Morgan fingerprint density at radius 1 is 1.32 bits per heavy atom. The lowest BCUT2D eigenvalue weighted by atomic mass is 10.1. The van der Waals surface area contributed by atoms with Crippen molar-refractivity contribution in [3.8, 4) is 11.6 Å². The molecule has 0 amide bonds. The van der Waals surface area contributed by atoms with E-state index in [-0.39, 0.29) is 11.3 Å². The highest BCUT2D eigenvalue weighted by molar-refractivity contribution is 6.07. The molecule has 25 heavy (non-hydrogen) atoms. The van der Waals surface area contributed by atoms with E-state index in [1.54, 1.807) is 18.3 Å². The van der Waals surface area contributed by atoms with Crippen molar-refractivity contribution < 1.29 is 19.0 Å². The van der Waals surface area contributed by atoms with Crippen LogP contribution in [-0.4, -0.2) is 29.8 Å². The maximum absolute atomic E-state index is 12.5. The van der Waals surface area contributed by atoms with Gasteiger partial charge >= 0.3 is 6.16 Å². The van der Waals surface area contributed by atoms with E-state index in [1.807, 2.05) is 6.07 Å². The Morgan fingerprint density at radius 2 is 2.16 bits per heavy atom. The molecule has 2 heterocycles. The van der Waals surface area contributed by atoms with Crippen molar-refractivity contribution in [1.29, 1.82) is 0 Å². The summed E-state index contributed by atoms with van der Waals surface area (Å²) in [5.41, 5.74) is 0.836. The lowest BCUT2D eigenvalue weighted by molar-refractivity contribution is 0.120. The van der Waals surface area contributed by atoms with Crippen LogP contribution < -0.4 is 14.9 Å². The molecule has 0 atom stereocenters. The quantitative estimate of drug-likeness (QED) is 0.434. The molecular weight excluding hydrogens is 324 g/mol. The number of benzene rings is 1. The van der Waals surface area contributed by atoms with Gasteiger partial charge in [-0.1, -0.05) is 19.4 Å². The van der Waals surface area contributed by atoms with Crippen LogP contribution in [0, 0.1) is 0 Å². The number of aromatic nitrogens is 2. The SMILES string of the molecule is CCCCOc1cc2[nH]c(OC(=O)OC)cc(=O)c2c2cccnc12. The number of pyridine rings is 2. The molecule has 2 aromatic heterocycles. The van der Waals surface area contributed by atoms with Crippen LogP contribution in [0.25, 0.3) is 21.8 Å². The van der Waals surface area contributed by atoms with Gasteiger partial charge in [-0.15, -0.1) is 0 Å². The topological polar surface area (TPSA) is 90.5 Å². The lowest BCUT2D eigenvalue weighted by Gasteiger charge is -2.11. The first kappa shape index (κ1) is 16.8. The van der Waals surface area contributed by atoms with Crippen molar-refractivity contribution in [1.82, 2.24) is 9.97 Å². The predicted molar refractivity (Wildman–Crippen MR) is 93.3 cm³/mol. The predicted octanol–water partition coefficient (Wildman–Crippen LogP) is 3.40. The van der Waals surface area contributed by atoms with Crippen molar-refractivity contribution in [2.24, 2.45) is 0 Å². The summed E-state index contributed by atoms with van der Waals surface area (Å²) in [5.74, 6) is 0.578. The molecule has 0 saturated carbocycles. The van der Waals surface area contributed by atoms with Gasteiger partial charge in [-0.05, 0) is 12.5 Å². The Balaban J connectivity index is 2.18. The van der Waals surface area contributed by atoms with E-state index in [0.29, 0.717) is 34.2 Å². The second-order valence-corrected chi connectivity index (χ2v) is 5.45. The number of unbranched alkanes of at least 4 members (excludes halogenated alkanes) is 1. The summed E-state index contributed by atoms with van der Waals surface area (Å²) >= 11 is 0. The summed E-state index contributed by atoms with van der Waals surface area (Å²) in [5, 5.41) is 1.14. The van der Waals surface area contributed by atoms with Crippen LogP contribution in [0.4, 0.5) is 4.79 Å². The second-order valence-electron chi connectivity index (χ2n) is 5.45. The fraction of sp³-hybridized carbons (Fsp3) is 0.278. The number of carbonyl (C=O) groups excluding carboxylic acids is 1. The Kier molecular flexibility index (Phi) is 4.83. The number of nitrogens with zero attached hydrogens (tertiary/aromatic N) is 1. The van der Waals surface area contributed by atoms with Gasteiger partial charge in [0.05, 0.1) is 24.6 Å². The molecule has 0 bridgehead atoms. The van der Waals surface area contributed by atoms with Gasteiger partial charge in [0.2, 0.25) is 5.88 Å². The van der Waals surface area contributed by atoms with Crippen LogP contribution in [-0.2, 0) is 4.74 Å². The lowest BCUT2D eigenvalue weighted by Crippen LogP contribution is -2.12. The summed E-state index contributed by atoms with van der Waals surface area (Å²) < 4.78 is 15.2. The number of nitrogens with one attached hydrogen (secondary N) is 1. The summed E-state index contributed by atoms with van der Waals surface area (Å²) in [6.07, 6.45) is 2.67. The van der Waals surface area contributed by atoms with E-state index in [0.717, 1.165) is 12.8 Å². The van der Waals surface area contributed by atoms with Crippen molar-refractivity contribution in [2.45, 2.75) is 19.8 Å². The highest BCUT2D eigenvalue weighted by Gasteiger charge is 2.14. The van der Waals surface area contributed by atoms with Gasteiger partial charge in [-0.2, -0.15) is 0 Å². The maximum Gasteiger partial charge on any atom is 0.514 e. The van der Waals surface area contributed by atoms with E-state index in [2.05, 4.69) is 21.6 Å². The summed E-state index contributed by atoms with van der Waals surface area (Å²) in [7, 11) is 1.19. The Labute approximate surface area is 143 Å². The molecule has 7 heteroatoms. The van der Waals surface area contributed by atoms with Gasteiger partial charge in [0.15, 0.2) is 5.43 Å². The fourth-order valence-electron chi connectivity index (χ4n) is 2.57. The van der Waals surface area contributed by atoms with E-state index in [1.165, 1.54) is 13.2 Å². The van der Waals surface area contributed by atoms with Crippen LogP contribution >= 0.6 is 0 Å². The first-order chi connectivity index (χ1) is 12.1. The van der Waals surface area contributed by atoms with Gasteiger partial charge in [-0.3, -0.25) is 9.78 Å². The highest BCUT2D eigenvalue weighted by atomic mass is 16.7. The standard InChI is InChI=1S/C18H18N2O5/c1-3-4-8-24-14-9-12-16(11-6-5-7-19-17(11)14)13(21)10-15(20-12)25-18(22)23-2/h5-7,9-10H,3-4,8H2,1-2H3,(H,20,21). The zero-order chi connectivity index (χ0) is 17.8. The fourth-order valence-corrected chi connectivity index (χ4v) is 2.57. The number of carbonyl (C=O) groups is 1. The van der Waals surface area contributed by atoms with E-state index in [9.17, 15) is 9.59 Å². The molecule has 3 aromatic rings. The number of rotatable bonds is 5. The van der Waals surface area contributed by atoms with Gasteiger partial charge in [-0.25, -0.2) is 4.79 Å². The van der Waals surface area contributed by atoms with Crippen LogP contribution in [0.5, 0.6) is 11.6 Å². The molecule has 0 unspecified atom stereocenters. The number of ether oxygens (including phenoxy) is 3. The van der Waals surface area contributed by atoms with Crippen molar-refractivity contribution in [3.63, 3.8) is 0 Å². The summed E-state index contributed by atoms with van der Waals surface area (Å²) in [6, 6.07) is 6.48. The Morgan fingerprint density at radius 3 is 2.92 bits per heavy atom. The normalized spacial score (nSPS) is 10.8. The van der Waals surface area contributed by atoms with Crippen LogP contribution in [0.1, 0.15) is 19.8 Å². The second kappa shape index (κ2) is 7.21. The van der Waals surface area contributed by atoms with E-state index >= 15 is 0 Å². The van der Waals surface area contributed by atoms with Gasteiger partial charge in [0.1, 0.15) is 11.3 Å². The molecule has 0 aliphatic heterocycles. The highest BCUT2D eigenvalue weighted by Crippen LogP contribution is 2.30. The zero-order valence-electron chi connectivity index (χ0n) is 14.0. The number of fused-ring (bicyclic) bond motifs is 3. The van der Waals surface area contributed by atoms with Gasteiger partial charge < -0.3 is 19.2 Å². The number of aromatic amines is 1. The Bertz CT molecular complexity index is 980. The van der Waals surface area contributed by atoms with Gasteiger partial charge in [0, 0.05) is 23.7 Å². The smallest absolute Gasteiger partial charge is 0.491 e. The number of methoxy groups -OCH3 is 1. The molecule has 1 aromatic carbocycles. The molecule has 0 aliphatic carbocycles. The largest absolute Gasteiger partial charge is 0.514 e. The van der Waals surface area contributed by atoms with E-state index in [4.69, 9.17) is 9.47 Å².